The fourth-order valence-corrected chi connectivity index (χ4v) is 14.2. The lowest BCUT2D eigenvalue weighted by atomic mass is 9.82. The van der Waals surface area contributed by atoms with Gasteiger partial charge in [-0.3, -0.25) is 4.57 Å². The smallest absolute Gasteiger partial charge is 0.137 e. The lowest BCUT2D eigenvalue weighted by Gasteiger charge is -2.23. The van der Waals surface area contributed by atoms with Crippen LogP contribution in [0.3, 0.4) is 0 Å². The summed E-state index contributed by atoms with van der Waals surface area (Å²) in [6.07, 6.45) is 1.95. The van der Waals surface area contributed by atoms with Crippen molar-refractivity contribution in [2.24, 2.45) is 0 Å². The van der Waals surface area contributed by atoms with Crippen LogP contribution >= 0.6 is 0 Å². The number of fused-ring (bicyclic) bond motifs is 13. The molecule has 11 aromatic carbocycles. The molecule has 90 heavy (non-hydrogen) atoms. The van der Waals surface area contributed by atoms with Crippen molar-refractivity contribution >= 4 is 98.3 Å². The van der Waals surface area contributed by atoms with E-state index in [9.17, 15) is 0 Å². The first-order chi connectivity index (χ1) is 43.5. The molecule has 0 amide bonds. The van der Waals surface area contributed by atoms with Gasteiger partial charge in [-0.15, -0.1) is 0 Å². The van der Waals surface area contributed by atoms with Crippen molar-refractivity contribution in [3.63, 3.8) is 0 Å². The molecular weight excluding hydrogens is 1090 g/mol. The molecule has 0 saturated heterocycles. The standard InChI is InChI=1S/C84H71N5O/c1-82(2,3)56-41-39-53(40-42-56)54-45-55(47-58(46-54)84(7,8)9)62-32-21-33-69-65-27-12-10-25-63(65)64-26-11-13-28-66(64)70-34-22-38-75-81(70)87(80(62)69)52-86(75)59-23-20-24-60(49-59)90-61-50-76(88-72-35-17-14-29-67(72)68-30-15-18-36-73(68)88)79-71-31-16-19-37-74(71)89(77(79)51-61)78-48-57(43-44-85-78)83(4,5)6/h10-51H,52H2,1-9H3. The number of hydrogen-bond acceptors (Lipinski definition) is 3. The molecule has 5 heterocycles. The second kappa shape index (κ2) is 20.6. The molecule has 0 aliphatic carbocycles. The highest BCUT2D eigenvalue weighted by Crippen LogP contribution is 2.48. The third-order valence-electron chi connectivity index (χ3n) is 18.8. The van der Waals surface area contributed by atoms with Crippen molar-refractivity contribution in [1.29, 1.82) is 0 Å². The molecule has 1 aliphatic heterocycles. The monoisotopic (exact) mass is 1170 g/mol. The number of pyridine rings is 1. The fourth-order valence-electron chi connectivity index (χ4n) is 14.2. The quantitative estimate of drug-likeness (QED) is 0.160. The van der Waals surface area contributed by atoms with Gasteiger partial charge in [-0.2, -0.15) is 0 Å². The molecule has 6 heteroatoms. The maximum atomic E-state index is 7.39. The van der Waals surface area contributed by atoms with Crippen LogP contribution in [0.4, 0.5) is 11.4 Å². The van der Waals surface area contributed by atoms with E-state index in [-0.39, 0.29) is 16.2 Å². The summed E-state index contributed by atoms with van der Waals surface area (Å²) < 4.78 is 14.8. The third kappa shape index (κ3) is 9.02. The van der Waals surface area contributed by atoms with E-state index in [4.69, 9.17) is 9.72 Å². The molecule has 0 spiro atoms. The van der Waals surface area contributed by atoms with Gasteiger partial charge in [0.15, 0.2) is 0 Å². The number of nitrogens with zero attached hydrogens (tertiary/aromatic N) is 5. The topological polar surface area (TPSA) is 40.1 Å². The normalized spacial score (nSPS) is 12.9. The van der Waals surface area contributed by atoms with Crippen LogP contribution in [0.25, 0.3) is 121 Å². The summed E-state index contributed by atoms with van der Waals surface area (Å²) in [5.74, 6) is 2.31. The molecule has 0 unspecified atom stereocenters. The highest BCUT2D eigenvalue weighted by atomic mass is 16.5. The number of ether oxygens (including phenoxy) is 1. The van der Waals surface area contributed by atoms with E-state index in [0.29, 0.717) is 6.67 Å². The van der Waals surface area contributed by atoms with Gasteiger partial charge in [0.25, 0.3) is 0 Å². The maximum absolute atomic E-state index is 7.39. The third-order valence-corrected chi connectivity index (χ3v) is 18.8. The average Bonchev–Trinajstić information content (AvgIpc) is 1.57. The first-order valence-electron chi connectivity index (χ1n) is 31.6. The molecule has 438 valence electrons. The zero-order valence-electron chi connectivity index (χ0n) is 52.6. The summed E-state index contributed by atoms with van der Waals surface area (Å²) in [4.78, 5) is 7.60. The fraction of sp³-hybridized carbons (Fsp3) is 0.155. The van der Waals surface area contributed by atoms with Crippen LogP contribution in [0.1, 0.15) is 79.0 Å². The Morgan fingerprint density at radius 3 is 1.51 bits per heavy atom. The number of para-hydroxylation sites is 5. The van der Waals surface area contributed by atoms with Crippen molar-refractivity contribution in [3.8, 4) is 45.3 Å². The molecule has 4 aromatic heterocycles. The molecule has 0 radical (unpaired) electrons. The van der Waals surface area contributed by atoms with Crippen LogP contribution in [0, 0.1) is 0 Å². The van der Waals surface area contributed by atoms with Gasteiger partial charge in [0.05, 0.1) is 44.5 Å². The molecule has 0 atom stereocenters. The van der Waals surface area contributed by atoms with E-state index in [0.717, 1.165) is 67.2 Å². The minimum Gasteiger partial charge on any atom is -0.457 e. The minimum absolute atomic E-state index is 0.0502. The largest absolute Gasteiger partial charge is 0.457 e. The van der Waals surface area contributed by atoms with Crippen molar-refractivity contribution in [3.05, 3.63) is 272 Å². The van der Waals surface area contributed by atoms with E-state index in [1.54, 1.807) is 0 Å². The number of anilines is 2. The number of rotatable bonds is 7. The van der Waals surface area contributed by atoms with Gasteiger partial charge in [0.2, 0.25) is 0 Å². The molecule has 16 rings (SSSR count). The maximum Gasteiger partial charge on any atom is 0.137 e. The Bertz CT molecular complexity index is 5450. The second-order valence-corrected chi connectivity index (χ2v) is 27.7. The Kier molecular flexibility index (Phi) is 12.6. The Morgan fingerprint density at radius 1 is 0.344 bits per heavy atom. The summed E-state index contributed by atoms with van der Waals surface area (Å²) in [5.41, 5.74) is 18.3. The summed E-state index contributed by atoms with van der Waals surface area (Å²) in [7, 11) is 0. The molecule has 1 aliphatic rings. The van der Waals surface area contributed by atoms with Crippen LogP contribution in [-0.4, -0.2) is 18.7 Å². The minimum atomic E-state index is -0.117. The summed E-state index contributed by atoms with van der Waals surface area (Å²) in [5, 5.41) is 11.8. The predicted molar refractivity (Wildman–Crippen MR) is 381 cm³/mol. The van der Waals surface area contributed by atoms with Crippen LogP contribution < -0.4 is 9.64 Å². The van der Waals surface area contributed by atoms with Gasteiger partial charge in [0, 0.05) is 68.0 Å². The van der Waals surface area contributed by atoms with Gasteiger partial charge >= 0.3 is 0 Å². The van der Waals surface area contributed by atoms with Gasteiger partial charge in [0.1, 0.15) is 24.0 Å². The first-order valence-corrected chi connectivity index (χ1v) is 31.6. The van der Waals surface area contributed by atoms with E-state index in [1.165, 1.54) is 93.1 Å². The van der Waals surface area contributed by atoms with Gasteiger partial charge in [-0.25, -0.2) is 4.98 Å². The van der Waals surface area contributed by atoms with Crippen LogP contribution in [0.2, 0.25) is 0 Å². The van der Waals surface area contributed by atoms with E-state index < -0.39 is 0 Å². The first kappa shape index (κ1) is 54.9. The number of hydrogen-bond donors (Lipinski definition) is 0. The SMILES string of the molecule is CC(C)(C)c1ccc(-c2cc(-c3cccc4c5ccccc5c5ccccc5c5cccc6c5n(c34)CN6c3cccc(Oc4cc(-n5c6ccccc6c6ccccc65)c5c6ccccc6n(-c6cc(C(C)(C)C)ccn6)c5c4)c3)cc(C(C)(C)C)c2)cc1. The lowest BCUT2D eigenvalue weighted by Crippen LogP contribution is -2.15. The summed E-state index contributed by atoms with van der Waals surface area (Å²) in [6, 6.07) is 92.1. The van der Waals surface area contributed by atoms with Crippen LogP contribution in [0.15, 0.2) is 255 Å². The van der Waals surface area contributed by atoms with E-state index in [2.05, 4.69) is 330 Å². The molecule has 15 aromatic rings. The van der Waals surface area contributed by atoms with E-state index in [1.807, 2.05) is 6.20 Å². The highest BCUT2D eigenvalue weighted by Gasteiger charge is 2.28. The zero-order valence-corrected chi connectivity index (χ0v) is 52.6. The van der Waals surface area contributed by atoms with Crippen molar-refractivity contribution in [2.75, 3.05) is 4.90 Å². The zero-order chi connectivity index (χ0) is 61.4. The molecule has 0 N–H and O–H groups in total. The highest BCUT2D eigenvalue weighted by molar-refractivity contribution is 6.22. The Hall–Kier alpha value is -10.4. The van der Waals surface area contributed by atoms with Gasteiger partial charge in [-0.1, -0.05) is 238 Å². The van der Waals surface area contributed by atoms with Crippen LogP contribution in [-0.2, 0) is 22.9 Å². The summed E-state index contributed by atoms with van der Waals surface area (Å²) >= 11 is 0. The molecule has 0 saturated carbocycles. The predicted octanol–water partition coefficient (Wildman–Crippen LogP) is 22.9. The number of benzene rings is 11. The van der Waals surface area contributed by atoms with E-state index >= 15 is 0 Å². The van der Waals surface area contributed by atoms with Crippen LogP contribution in [0.5, 0.6) is 11.5 Å². The van der Waals surface area contributed by atoms with Crippen molar-refractivity contribution in [1.82, 2.24) is 18.7 Å². The molecule has 6 nitrogen and oxygen atoms in total. The average molecular weight is 1170 g/mol. The number of aromatic nitrogens is 4. The van der Waals surface area contributed by atoms with Gasteiger partial charge in [-0.05, 0) is 126 Å². The Morgan fingerprint density at radius 2 is 0.878 bits per heavy atom. The Balaban J connectivity index is 0.911. The second-order valence-electron chi connectivity index (χ2n) is 27.7. The lowest BCUT2D eigenvalue weighted by molar-refractivity contribution is 0.483. The van der Waals surface area contributed by atoms with Crippen molar-refractivity contribution in [2.45, 2.75) is 85.2 Å². The Labute approximate surface area is 525 Å². The molecule has 0 fully saturated rings. The molecular formula is C84H71N5O. The van der Waals surface area contributed by atoms with Gasteiger partial charge < -0.3 is 18.8 Å². The van der Waals surface area contributed by atoms with Crippen molar-refractivity contribution < 1.29 is 4.74 Å². The molecule has 0 bridgehead atoms. The summed E-state index contributed by atoms with van der Waals surface area (Å²) in [6.45, 7) is 21.2.